The number of benzene rings is 1. The van der Waals surface area contributed by atoms with Crippen LogP contribution in [0.25, 0.3) is 0 Å². The summed E-state index contributed by atoms with van der Waals surface area (Å²) in [6.07, 6.45) is 1.38. The summed E-state index contributed by atoms with van der Waals surface area (Å²) >= 11 is 5.96. The number of aliphatic hydroxyl groups is 2. The average Bonchev–Trinajstić information content (AvgIpc) is 3.88. The van der Waals surface area contributed by atoms with Crippen LogP contribution in [-0.4, -0.2) is 101 Å². The molecule has 0 saturated carbocycles. The van der Waals surface area contributed by atoms with Gasteiger partial charge in [-0.2, -0.15) is 0 Å². The summed E-state index contributed by atoms with van der Waals surface area (Å²) in [7, 11) is 1.49. The van der Waals surface area contributed by atoms with Crippen LogP contribution in [0.3, 0.4) is 0 Å². The van der Waals surface area contributed by atoms with Gasteiger partial charge in [-0.15, -0.1) is 0 Å². The molecular weight excluding hydrogens is 781 g/mol. The van der Waals surface area contributed by atoms with Crippen molar-refractivity contribution in [2.24, 2.45) is 35.5 Å². The topological polar surface area (TPSA) is 174 Å². The number of carboxylic acid groups (broad SMARTS) is 1. The second kappa shape index (κ2) is 18.7. The van der Waals surface area contributed by atoms with Crippen LogP contribution >= 0.6 is 11.6 Å². The third-order valence-electron chi connectivity index (χ3n) is 14.3. The fourth-order valence-corrected chi connectivity index (χ4v) is 10.9. The standard InChI is InChI=1S/C43H66ClNO12.Na/c1-10-41(16-15-33(54-41)40(8)17-18-42(57-40)21-31(46)26(5)36(55-42)27(6)35(51-9)28(7)38(47)48)37-24(3)20-32(53-37)34-23(2)19-25(4)43(50,56-34)22-52-39(49)45-30-13-11-29(44)12-14-30;/h11-14,23-28,31-37,46,50H,10,15-22H2,1-9H3,(H,45,49)(H,47,48);/q;+1/p-1/t23-,24-,25+,26+,27-,28+,31-,32+,33+,34-,35+,36-,37+,40-,41-,42+,43-;/m0./s1. The number of carboxylic acids is 1. The van der Waals surface area contributed by atoms with Crippen LogP contribution in [0, 0.1) is 35.5 Å². The fraction of sp³-hybridized carbons (Fsp3) is 0.814. The van der Waals surface area contributed by atoms with Gasteiger partial charge in [-0.25, -0.2) is 4.79 Å². The van der Waals surface area contributed by atoms with Gasteiger partial charge in [-0.05, 0) is 81.5 Å². The summed E-state index contributed by atoms with van der Waals surface area (Å²) in [5, 5.41) is 38.1. The number of rotatable bonds is 12. The second-order valence-corrected chi connectivity index (χ2v) is 18.8. The molecule has 0 aromatic heterocycles. The van der Waals surface area contributed by atoms with Crippen molar-refractivity contribution in [3.63, 3.8) is 0 Å². The van der Waals surface area contributed by atoms with Crippen molar-refractivity contribution in [1.82, 2.24) is 0 Å². The van der Waals surface area contributed by atoms with E-state index in [9.17, 15) is 24.9 Å². The van der Waals surface area contributed by atoms with E-state index in [2.05, 4.69) is 33.0 Å². The molecule has 5 fully saturated rings. The Bertz CT molecular complexity index is 1580. The van der Waals surface area contributed by atoms with E-state index in [-0.39, 0.29) is 84.1 Å². The zero-order valence-corrected chi connectivity index (χ0v) is 38.8. The van der Waals surface area contributed by atoms with Crippen LogP contribution < -0.4 is 40.0 Å². The Morgan fingerprint density at radius 2 is 1.72 bits per heavy atom. The van der Waals surface area contributed by atoms with Crippen molar-refractivity contribution in [1.29, 1.82) is 0 Å². The third-order valence-corrected chi connectivity index (χ3v) is 14.6. The summed E-state index contributed by atoms with van der Waals surface area (Å²) in [6.45, 7) is 15.5. The molecule has 5 heterocycles. The van der Waals surface area contributed by atoms with E-state index >= 15 is 0 Å². The number of ether oxygens (including phenoxy) is 7. The molecule has 1 amide bonds. The number of hydrogen-bond acceptors (Lipinski definition) is 12. The second-order valence-electron chi connectivity index (χ2n) is 18.3. The van der Waals surface area contributed by atoms with Crippen molar-refractivity contribution in [2.75, 3.05) is 19.0 Å². The number of aliphatic hydroxyl groups excluding tert-OH is 1. The van der Waals surface area contributed by atoms with E-state index in [0.717, 1.165) is 25.7 Å². The van der Waals surface area contributed by atoms with Crippen LogP contribution in [0.1, 0.15) is 107 Å². The van der Waals surface area contributed by atoms with Gasteiger partial charge in [0.25, 0.3) is 0 Å². The Hall–Kier alpha value is -1.07. The number of aliphatic carboxylic acids is 1. The Kier molecular flexibility index (Phi) is 15.5. The van der Waals surface area contributed by atoms with E-state index in [1.54, 1.807) is 31.2 Å². The number of hydrogen-bond donors (Lipinski definition) is 3. The van der Waals surface area contributed by atoms with E-state index in [4.69, 9.17) is 44.8 Å². The number of carbonyl (C=O) groups is 2. The first-order valence-corrected chi connectivity index (χ1v) is 21.4. The van der Waals surface area contributed by atoms with E-state index < -0.39 is 65.2 Å². The van der Waals surface area contributed by atoms with Gasteiger partial charge >= 0.3 is 35.7 Å². The van der Waals surface area contributed by atoms with Gasteiger partial charge in [0.05, 0.1) is 53.9 Å². The molecule has 58 heavy (non-hydrogen) atoms. The van der Waals surface area contributed by atoms with Crippen molar-refractivity contribution < 1.29 is 87.6 Å². The fourth-order valence-electron chi connectivity index (χ4n) is 10.7. The van der Waals surface area contributed by atoms with E-state index in [1.807, 2.05) is 20.8 Å². The maximum absolute atomic E-state index is 12.6. The molecule has 1 aromatic carbocycles. The summed E-state index contributed by atoms with van der Waals surface area (Å²) in [4.78, 5) is 24.4. The molecule has 3 N–H and O–H groups in total. The van der Waals surface area contributed by atoms with Crippen LogP contribution in [0.2, 0.25) is 5.02 Å². The molecule has 5 aliphatic heterocycles. The van der Waals surface area contributed by atoms with Gasteiger partial charge in [0.2, 0.25) is 5.79 Å². The normalized spacial score (nSPS) is 43.0. The van der Waals surface area contributed by atoms with Crippen molar-refractivity contribution in [2.45, 2.75) is 172 Å². The molecular formula is C43H65ClNNaO12. The first kappa shape index (κ1) is 48.0. The maximum Gasteiger partial charge on any atom is 1.00 e. The van der Waals surface area contributed by atoms with E-state index in [0.29, 0.717) is 36.4 Å². The third kappa shape index (κ3) is 9.61. The maximum atomic E-state index is 12.6. The van der Waals surface area contributed by atoms with Gasteiger partial charge in [-0.1, -0.05) is 60.1 Å². The molecule has 0 radical (unpaired) electrons. The minimum Gasteiger partial charge on any atom is -0.550 e. The number of carbonyl (C=O) groups excluding carboxylic acids is 2. The zero-order chi connectivity index (χ0) is 41.7. The first-order valence-electron chi connectivity index (χ1n) is 21.0. The first-order chi connectivity index (χ1) is 26.8. The summed E-state index contributed by atoms with van der Waals surface area (Å²) in [5.41, 5.74) is -0.749. The SMILES string of the molecule is CC[C@@]1([C@@H]2O[C@@H]([C@H]3O[C@@](O)(COC(=O)Nc4ccc(Cl)cc4)[C@H](C)C[C@@H]3C)C[C@@H]2C)CC[C@H]([C@]2(C)CC[C@]3(C[C@H](O)[C@@H](C)[C@@H]([C@@H](C)[C@@H](OC)[C@@H](C)C(=O)[O-])O3)O2)O1.[Na+]. The number of amides is 1. The molecule has 0 aliphatic carbocycles. The number of halogens is 1. The molecule has 322 valence electrons. The zero-order valence-electron chi connectivity index (χ0n) is 36.0. The minimum atomic E-state index is -1.69. The van der Waals surface area contributed by atoms with Crippen LogP contribution in [0.15, 0.2) is 24.3 Å². The summed E-state index contributed by atoms with van der Waals surface area (Å²) in [5.74, 6) is -5.49. The van der Waals surface area contributed by atoms with Crippen LogP contribution in [-0.2, 0) is 38.0 Å². The van der Waals surface area contributed by atoms with Gasteiger partial charge in [-0.3, -0.25) is 5.32 Å². The Balaban J connectivity index is 0.00000641. The van der Waals surface area contributed by atoms with Gasteiger partial charge in [0, 0.05) is 60.3 Å². The van der Waals surface area contributed by atoms with Gasteiger partial charge < -0.3 is 53.3 Å². The molecule has 5 saturated heterocycles. The molecule has 0 bridgehead atoms. The predicted octanol–water partition coefficient (Wildman–Crippen LogP) is 2.85. The average molecular weight is 846 g/mol. The van der Waals surface area contributed by atoms with Gasteiger partial charge in [0.15, 0.2) is 5.79 Å². The molecule has 13 nitrogen and oxygen atoms in total. The van der Waals surface area contributed by atoms with Crippen molar-refractivity contribution in [3.8, 4) is 0 Å². The van der Waals surface area contributed by atoms with Crippen LogP contribution in [0.5, 0.6) is 0 Å². The molecule has 5 aliphatic rings. The quantitative estimate of drug-likeness (QED) is 0.263. The number of methoxy groups -OCH3 is 1. The van der Waals surface area contributed by atoms with Crippen molar-refractivity contribution in [3.05, 3.63) is 29.3 Å². The molecule has 1 aromatic rings. The molecule has 17 atom stereocenters. The van der Waals surface area contributed by atoms with Crippen LogP contribution in [0.4, 0.5) is 10.5 Å². The predicted molar refractivity (Wildman–Crippen MR) is 209 cm³/mol. The Morgan fingerprint density at radius 3 is 2.36 bits per heavy atom. The smallest absolute Gasteiger partial charge is 0.550 e. The monoisotopic (exact) mass is 845 g/mol. The molecule has 0 unspecified atom stereocenters. The summed E-state index contributed by atoms with van der Waals surface area (Å²) < 4.78 is 45.4. The van der Waals surface area contributed by atoms with Gasteiger partial charge in [0.1, 0.15) is 6.61 Å². The number of anilines is 1. The summed E-state index contributed by atoms with van der Waals surface area (Å²) in [6, 6.07) is 6.66. The van der Waals surface area contributed by atoms with E-state index in [1.165, 1.54) is 7.11 Å². The Labute approximate surface area is 371 Å². The molecule has 15 heteroatoms. The molecule has 1 spiro atoms. The Morgan fingerprint density at radius 1 is 1.03 bits per heavy atom. The number of nitrogens with one attached hydrogen (secondary N) is 1. The molecule has 6 rings (SSSR count). The van der Waals surface area contributed by atoms with Crippen molar-refractivity contribution >= 4 is 29.4 Å². The minimum absolute atomic E-state index is 0. The largest absolute Gasteiger partial charge is 1.00 e.